The minimum absolute atomic E-state index is 0. The Labute approximate surface area is 106 Å². The molecule has 0 saturated carbocycles. The van der Waals surface area contributed by atoms with Gasteiger partial charge in [0.05, 0.1) is 0 Å². The Balaban J connectivity index is 0. The van der Waals surface area contributed by atoms with Crippen molar-refractivity contribution < 1.29 is 50.6 Å². The van der Waals surface area contributed by atoms with E-state index in [1.165, 1.54) is 0 Å². The summed E-state index contributed by atoms with van der Waals surface area (Å²) < 4.78 is 0. The zero-order valence-corrected chi connectivity index (χ0v) is 4.62. The first kappa shape index (κ1) is 137. The zero-order valence-electron chi connectivity index (χ0n) is 2.26. The van der Waals surface area contributed by atoms with Crippen LogP contribution in [0.4, 0.5) is 0 Å². The van der Waals surface area contributed by atoms with Gasteiger partial charge in [-0.15, -0.1) is 0 Å². The molecule has 0 aliphatic carbocycles. The standard InChI is InChI=1S/3Li.2Mn.3H2O.3H/h;;;;;3*1H2;;;. The topological polar surface area (TPSA) is 94.5 Å². The van der Waals surface area contributed by atoms with E-state index in [1.54, 1.807) is 0 Å². The third-order valence-electron chi connectivity index (χ3n) is 0. The zero-order chi connectivity index (χ0) is 0. The molecule has 0 amide bonds. The monoisotopic (exact) mass is 188 g/mol. The summed E-state index contributed by atoms with van der Waals surface area (Å²) in [5.41, 5.74) is 0. The quantitative estimate of drug-likeness (QED) is 0.343. The molecule has 3 nitrogen and oxygen atoms in total. The van der Waals surface area contributed by atoms with Gasteiger partial charge in [0.2, 0.25) is 0 Å². The minimum Gasteiger partial charge on any atom is 0 e. The Morgan fingerprint density at radius 2 is 0.375 bits per heavy atom. The summed E-state index contributed by atoms with van der Waals surface area (Å²) in [6, 6.07) is 0. The van der Waals surface area contributed by atoms with Crippen LogP contribution in [0.15, 0.2) is 0 Å². The average Bonchev–Trinajstić information content (AvgIpc) is 0. The first-order valence-electron chi connectivity index (χ1n) is 0. The summed E-state index contributed by atoms with van der Waals surface area (Å²) in [6.07, 6.45) is 0. The van der Waals surface area contributed by atoms with Crippen molar-refractivity contribution in [3.8, 4) is 0 Å². The number of hydrogen-bond donors (Lipinski definition) is 0. The fraction of sp³-hybridized carbons (Fsp3) is 0. The van der Waals surface area contributed by atoms with Crippen molar-refractivity contribution in [3.05, 3.63) is 0 Å². The molecule has 0 saturated heterocycles. The molecule has 8 heteroatoms. The Kier molecular flexibility index (Phi) is 1720. The van der Waals surface area contributed by atoms with Crippen molar-refractivity contribution in [2.24, 2.45) is 0 Å². The minimum atomic E-state index is 0. The summed E-state index contributed by atoms with van der Waals surface area (Å²) in [6.45, 7) is 0. The van der Waals surface area contributed by atoms with Gasteiger partial charge in [0.15, 0.2) is 0 Å². The van der Waals surface area contributed by atoms with Crippen LogP contribution in [0.2, 0.25) is 0 Å². The number of rotatable bonds is 0. The maximum absolute atomic E-state index is 0. The molecule has 0 rings (SSSR count). The van der Waals surface area contributed by atoms with Crippen LogP contribution in [0.25, 0.3) is 0 Å². The molecule has 0 aromatic carbocycles. The molecular weight excluding hydrogens is 179 g/mol. The van der Waals surface area contributed by atoms with E-state index in [0.29, 0.717) is 0 Å². The van der Waals surface area contributed by atoms with Crippen molar-refractivity contribution in [2.75, 3.05) is 0 Å². The van der Waals surface area contributed by atoms with Crippen LogP contribution >= 0.6 is 0 Å². The Hall–Kier alpha value is 2.71. The summed E-state index contributed by atoms with van der Waals surface area (Å²) >= 11 is 0. The second-order valence-electron chi connectivity index (χ2n) is 0. The fourth-order valence-corrected chi connectivity index (χ4v) is 0. The molecule has 0 spiro atoms. The van der Waals surface area contributed by atoms with E-state index in [-0.39, 0.29) is 107 Å². The van der Waals surface area contributed by atoms with E-state index in [4.69, 9.17) is 0 Å². The Bertz CT molecular complexity index is 12.5. The maximum atomic E-state index is 0. The molecule has 0 heterocycles. The van der Waals surface area contributed by atoms with Gasteiger partial charge in [0.25, 0.3) is 0 Å². The number of hydrogen-bond acceptors (Lipinski definition) is 0. The largest absolute Gasteiger partial charge is 0 e. The van der Waals surface area contributed by atoms with Gasteiger partial charge in [-0.1, -0.05) is 0 Å². The van der Waals surface area contributed by atoms with Gasteiger partial charge < -0.3 is 16.4 Å². The van der Waals surface area contributed by atoms with Gasteiger partial charge in [0, 0.05) is 34.1 Å². The molecular formula is H9Li3Mn2O3. The van der Waals surface area contributed by atoms with Gasteiger partial charge >= 0.3 is 56.6 Å². The van der Waals surface area contributed by atoms with Crippen LogP contribution in [-0.4, -0.2) is 73.0 Å². The fourth-order valence-electron chi connectivity index (χ4n) is 0. The van der Waals surface area contributed by atoms with E-state index in [1.807, 2.05) is 0 Å². The Morgan fingerprint density at radius 1 is 0.375 bits per heavy atom. The van der Waals surface area contributed by atoms with Crippen LogP contribution in [0.1, 0.15) is 0 Å². The van der Waals surface area contributed by atoms with Gasteiger partial charge in [-0.25, -0.2) is 0 Å². The van der Waals surface area contributed by atoms with Crippen molar-refractivity contribution >= 4 is 56.6 Å². The molecule has 0 bridgehead atoms. The molecule has 2 radical (unpaired) electrons. The second kappa shape index (κ2) is 100. The van der Waals surface area contributed by atoms with Crippen LogP contribution in [0.5, 0.6) is 0 Å². The maximum Gasteiger partial charge on any atom is 0 e. The van der Waals surface area contributed by atoms with E-state index < -0.39 is 0 Å². The van der Waals surface area contributed by atoms with Crippen LogP contribution < -0.4 is 0 Å². The van der Waals surface area contributed by atoms with Crippen molar-refractivity contribution in [3.63, 3.8) is 0 Å². The van der Waals surface area contributed by atoms with Gasteiger partial charge in [-0.05, 0) is 0 Å². The third kappa shape index (κ3) is 70.5. The third-order valence-corrected chi connectivity index (χ3v) is 0. The molecule has 0 atom stereocenters. The molecule has 6 N–H and O–H groups in total. The van der Waals surface area contributed by atoms with Crippen LogP contribution in [-0.2, 0) is 34.1 Å². The second-order valence-corrected chi connectivity index (χ2v) is 0. The predicted molar refractivity (Wildman–Crippen MR) is 32.3 cm³/mol. The van der Waals surface area contributed by atoms with E-state index in [0.717, 1.165) is 0 Å². The molecule has 0 aliphatic heterocycles. The summed E-state index contributed by atoms with van der Waals surface area (Å²) in [7, 11) is 0. The first-order valence-corrected chi connectivity index (χ1v) is 0. The van der Waals surface area contributed by atoms with Gasteiger partial charge in [-0.3, -0.25) is 0 Å². The van der Waals surface area contributed by atoms with E-state index in [2.05, 4.69) is 0 Å². The summed E-state index contributed by atoms with van der Waals surface area (Å²) in [4.78, 5) is 0. The Morgan fingerprint density at radius 3 is 0.375 bits per heavy atom. The molecule has 0 unspecified atom stereocenters. The molecule has 0 fully saturated rings. The van der Waals surface area contributed by atoms with E-state index >= 15 is 0 Å². The van der Waals surface area contributed by atoms with E-state index in [9.17, 15) is 0 Å². The summed E-state index contributed by atoms with van der Waals surface area (Å²) in [5, 5.41) is 0. The molecule has 0 aromatic heterocycles. The van der Waals surface area contributed by atoms with Crippen LogP contribution in [0, 0.1) is 0 Å². The summed E-state index contributed by atoms with van der Waals surface area (Å²) in [5.74, 6) is 0. The molecule has 44 valence electrons. The van der Waals surface area contributed by atoms with Crippen LogP contribution in [0.3, 0.4) is 0 Å². The van der Waals surface area contributed by atoms with Crippen molar-refractivity contribution in [2.45, 2.75) is 0 Å². The predicted octanol–water partition coefficient (Wildman–Crippen LogP) is -4.42. The first-order chi connectivity index (χ1) is 0. The van der Waals surface area contributed by atoms with Gasteiger partial charge in [0.1, 0.15) is 0 Å². The smallest absolute Gasteiger partial charge is 0 e. The van der Waals surface area contributed by atoms with Crippen molar-refractivity contribution in [1.29, 1.82) is 0 Å². The molecule has 0 aromatic rings. The average molecular weight is 188 g/mol. The molecule has 0 aliphatic rings. The normalized spacial score (nSPS) is 0. The van der Waals surface area contributed by atoms with Crippen molar-refractivity contribution in [1.82, 2.24) is 0 Å². The van der Waals surface area contributed by atoms with Gasteiger partial charge in [-0.2, -0.15) is 0 Å². The molecule has 8 heavy (non-hydrogen) atoms. The SMILES string of the molecule is O.O.O.[LiH].[LiH].[LiH].[Mn].[Mn].